The summed E-state index contributed by atoms with van der Waals surface area (Å²) < 4.78 is 10.8. The van der Waals surface area contributed by atoms with Crippen LogP contribution >= 0.6 is 11.3 Å². The first-order chi connectivity index (χ1) is 13.1. The van der Waals surface area contributed by atoms with Crippen molar-refractivity contribution in [1.82, 2.24) is 10.3 Å². The Morgan fingerprint density at radius 3 is 2.67 bits per heavy atom. The second-order valence-electron chi connectivity index (χ2n) is 6.07. The van der Waals surface area contributed by atoms with Crippen molar-refractivity contribution in [3.05, 3.63) is 64.7 Å². The van der Waals surface area contributed by atoms with Crippen molar-refractivity contribution in [2.24, 2.45) is 0 Å². The molecule has 0 bridgehead atoms. The molecule has 0 aliphatic heterocycles. The second kappa shape index (κ2) is 8.68. The molecule has 0 fully saturated rings. The van der Waals surface area contributed by atoms with E-state index in [4.69, 9.17) is 9.47 Å². The Morgan fingerprint density at radius 2 is 1.93 bits per heavy atom. The summed E-state index contributed by atoms with van der Waals surface area (Å²) in [5, 5.41) is 5.66. The summed E-state index contributed by atoms with van der Waals surface area (Å²) >= 11 is 1.48. The lowest BCUT2D eigenvalue weighted by Gasteiger charge is -2.10. The third kappa shape index (κ3) is 4.46. The zero-order valence-corrected chi connectivity index (χ0v) is 16.4. The van der Waals surface area contributed by atoms with Gasteiger partial charge in [0, 0.05) is 11.9 Å². The van der Waals surface area contributed by atoms with Gasteiger partial charge in [-0.2, -0.15) is 0 Å². The fourth-order valence-corrected chi connectivity index (χ4v) is 3.64. The predicted octanol–water partition coefficient (Wildman–Crippen LogP) is 3.99. The molecule has 140 valence electrons. The minimum Gasteiger partial charge on any atom is -0.493 e. The highest BCUT2D eigenvalue weighted by Gasteiger charge is 2.15. The van der Waals surface area contributed by atoms with Crippen molar-refractivity contribution in [3.8, 4) is 22.1 Å². The zero-order valence-electron chi connectivity index (χ0n) is 15.6. The molecule has 3 rings (SSSR count). The predicted molar refractivity (Wildman–Crippen MR) is 107 cm³/mol. The van der Waals surface area contributed by atoms with Gasteiger partial charge in [-0.05, 0) is 30.2 Å². The highest BCUT2D eigenvalue weighted by molar-refractivity contribution is 7.13. The molecule has 6 heteroatoms. The number of nitrogens with zero attached hydrogens (tertiary/aromatic N) is 1. The second-order valence-corrected chi connectivity index (χ2v) is 6.92. The van der Waals surface area contributed by atoms with Gasteiger partial charge in [-0.15, -0.1) is 11.3 Å². The van der Waals surface area contributed by atoms with Gasteiger partial charge >= 0.3 is 0 Å². The first-order valence-electron chi connectivity index (χ1n) is 8.59. The molecular weight excluding hydrogens is 360 g/mol. The summed E-state index contributed by atoms with van der Waals surface area (Å²) in [5.41, 5.74) is 3.88. The number of carbonyl (C=O) groups is 1. The normalized spacial score (nSPS) is 10.5. The molecule has 0 atom stereocenters. The lowest BCUT2D eigenvalue weighted by atomic mass is 10.1. The first-order valence-corrected chi connectivity index (χ1v) is 9.47. The minimum atomic E-state index is -0.0484. The Labute approximate surface area is 163 Å². The average molecular weight is 382 g/mol. The number of para-hydroxylation sites is 1. The van der Waals surface area contributed by atoms with Crippen LogP contribution < -0.4 is 14.8 Å². The third-order valence-electron chi connectivity index (χ3n) is 4.26. The van der Waals surface area contributed by atoms with Crippen molar-refractivity contribution in [1.29, 1.82) is 0 Å². The number of hydrogen-bond acceptors (Lipinski definition) is 5. The van der Waals surface area contributed by atoms with Gasteiger partial charge in [0.05, 0.1) is 31.9 Å². The van der Waals surface area contributed by atoms with Gasteiger partial charge in [0.1, 0.15) is 5.01 Å². The Morgan fingerprint density at radius 1 is 1.11 bits per heavy atom. The van der Waals surface area contributed by atoms with Crippen molar-refractivity contribution in [2.45, 2.75) is 19.9 Å². The van der Waals surface area contributed by atoms with Gasteiger partial charge in [0.15, 0.2) is 11.5 Å². The number of amides is 1. The Balaban J connectivity index is 1.68. The average Bonchev–Trinajstić information content (AvgIpc) is 3.14. The largest absolute Gasteiger partial charge is 0.493 e. The molecular formula is C21H22N2O3S. The van der Waals surface area contributed by atoms with Crippen LogP contribution in [-0.4, -0.2) is 25.1 Å². The summed E-state index contributed by atoms with van der Waals surface area (Å²) in [7, 11) is 3.21. The van der Waals surface area contributed by atoms with Gasteiger partial charge in [0.25, 0.3) is 0 Å². The number of rotatable bonds is 7. The summed E-state index contributed by atoms with van der Waals surface area (Å²) in [6, 6.07) is 13.7. The van der Waals surface area contributed by atoms with Crippen LogP contribution in [-0.2, 0) is 17.8 Å². The third-order valence-corrected chi connectivity index (χ3v) is 5.19. The number of methoxy groups -OCH3 is 2. The van der Waals surface area contributed by atoms with Crippen molar-refractivity contribution in [3.63, 3.8) is 0 Å². The standard InChI is InChI=1S/C21H22N2O3S/c1-14-7-4-5-8-15(14)12-22-19(24)11-16-13-27-21(23-16)17-9-6-10-18(25-2)20(17)26-3/h4-10,13H,11-12H2,1-3H3,(H,22,24). The van der Waals surface area contributed by atoms with E-state index in [1.54, 1.807) is 14.2 Å². The molecule has 27 heavy (non-hydrogen) atoms. The molecule has 0 aliphatic carbocycles. The van der Waals surface area contributed by atoms with Crippen molar-refractivity contribution >= 4 is 17.2 Å². The topological polar surface area (TPSA) is 60.5 Å². The Hall–Kier alpha value is -2.86. The number of nitrogens with one attached hydrogen (secondary N) is 1. The summed E-state index contributed by atoms with van der Waals surface area (Å²) in [6.07, 6.45) is 0.245. The van der Waals surface area contributed by atoms with Gasteiger partial charge in [-0.1, -0.05) is 30.3 Å². The number of carbonyl (C=O) groups excluding carboxylic acids is 1. The van der Waals surface area contributed by atoms with E-state index in [2.05, 4.69) is 10.3 Å². The molecule has 5 nitrogen and oxygen atoms in total. The maximum atomic E-state index is 12.3. The van der Waals surface area contributed by atoms with E-state index < -0.39 is 0 Å². The van der Waals surface area contributed by atoms with Crippen molar-refractivity contribution < 1.29 is 14.3 Å². The molecule has 0 saturated heterocycles. The molecule has 0 aliphatic rings. The molecule has 0 spiro atoms. The van der Waals surface area contributed by atoms with Crippen LogP contribution in [0.15, 0.2) is 47.8 Å². The van der Waals surface area contributed by atoms with E-state index >= 15 is 0 Å². The van der Waals surface area contributed by atoms with Crippen LogP contribution in [0, 0.1) is 6.92 Å². The lowest BCUT2D eigenvalue weighted by Crippen LogP contribution is -2.25. The highest BCUT2D eigenvalue weighted by atomic mass is 32.1. The van der Waals surface area contributed by atoms with Crippen LogP contribution in [0.5, 0.6) is 11.5 Å². The highest BCUT2D eigenvalue weighted by Crippen LogP contribution is 2.38. The van der Waals surface area contributed by atoms with E-state index in [0.29, 0.717) is 18.0 Å². The molecule has 1 amide bonds. The van der Waals surface area contributed by atoms with Crippen LogP contribution in [0.25, 0.3) is 10.6 Å². The van der Waals surface area contributed by atoms with E-state index in [1.165, 1.54) is 16.9 Å². The molecule has 0 radical (unpaired) electrons. The van der Waals surface area contributed by atoms with Gasteiger partial charge in [0.2, 0.25) is 5.91 Å². The van der Waals surface area contributed by atoms with E-state index in [9.17, 15) is 4.79 Å². The Bertz CT molecular complexity index is 937. The maximum absolute atomic E-state index is 12.3. The number of benzene rings is 2. The lowest BCUT2D eigenvalue weighted by molar-refractivity contribution is -0.120. The van der Waals surface area contributed by atoms with Gasteiger partial charge < -0.3 is 14.8 Å². The number of hydrogen-bond donors (Lipinski definition) is 1. The first kappa shape index (κ1) is 18.9. The molecule has 1 heterocycles. The quantitative estimate of drug-likeness (QED) is 0.671. The van der Waals surface area contributed by atoms with Crippen LogP contribution in [0.3, 0.4) is 0 Å². The minimum absolute atomic E-state index is 0.0484. The fourth-order valence-electron chi connectivity index (χ4n) is 2.80. The SMILES string of the molecule is COc1cccc(-c2nc(CC(=O)NCc3ccccc3C)cs2)c1OC. The molecule has 1 N–H and O–H groups in total. The number of thiazole rings is 1. The molecule has 0 saturated carbocycles. The molecule has 0 unspecified atom stereocenters. The van der Waals surface area contributed by atoms with Crippen LogP contribution in [0.2, 0.25) is 0 Å². The van der Waals surface area contributed by atoms with Crippen LogP contribution in [0.1, 0.15) is 16.8 Å². The number of aryl methyl sites for hydroxylation is 1. The van der Waals surface area contributed by atoms with Gasteiger partial charge in [-0.25, -0.2) is 4.98 Å². The van der Waals surface area contributed by atoms with E-state index in [0.717, 1.165) is 21.8 Å². The monoisotopic (exact) mass is 382 g/mol. The molecule has 2 aromatic carbocycles. The molecule has 1 aromatic heterocycles. The van der Waals surface area contributed by atoms with Crippen molar-refractivity contribution in [2.75, 3.05) is 14.2 Å². The van der Waals surface area contributed by atoms with Crippen LogP contribution in [0.4, 0.5) is 0 Å². The summed E-state index contributed by atoms with van der Waals surface area (Å²) in [6.45, 7) is 2.56. The van der Waals surface area contributed by atoms with E-state index in [1.807, 2.05) is 54.8 Å². The fraction of sp³-hybridized carbons (Fsp3) is 0.238. The summed E-state index contributed by atoms with van der Waals surface area (Å²) in [5.74, 6) is 1.25. The van der Waals surface area contributed by atoms with Gasteiger partial charge in [-0.3, -0.25) is 4.79 Å². The number of aromatic nitrogens is 1. The number of ether oxygens (including phenoxy) is 2. The summed E-state index contributed by atoms with van der Waals surface area (Å²) in [4.78, 5) is 16.9. The zero-order chi connectivity index (χ0) is 19.2. The van der Waals surface area contributed by atoms with E-state index in [-0.39, 0.29) is 12.3 Å². The smallest absolute Gasteiger partial charge is 0.226 e. The Kier molecular flexibility index (Phi) is 6.08. The maximum Gasteiger partial charge on any atom is 0.226 e. The molecule has 3 aromatic rings.